The average Bonchev–Trinajstić information content (AvgIpc) is 2.24. The highest BCUT2D eigenvalue weighted by Gasteiger charge is 1.98. The molecule has 0 bridgehead atoms. The summed E-state index contributed by atoms with van der Waals surface area (Å²) in [6.07, 6.45) is 0.509. The maximum Gasteiger partial charge on any atom is 0.172 e. The van der Waals surface area contributed by atoms with Crippen molar-refractivity contribution in [2.45, 2.75) is 13.8 Å². The first kappa shape index (κ1) is 11.4. The van der Waals surface area contributed by atoms with Crippen molar-refractivity contribution in [1.29, 1.82) is 0 Å². The monoisotopic (exact) mass is 179 g/mol. The van der Waals surface area contributed by atoms with Crippen molar-refractivity contribution in [3.05, 3.63) is 35.9 Å². The number of carbonyl (C=O) groups excluding carboxylic acids is 1. The van der Waals surface area contributed by atoms with Gasteiger partial charge >= 0.3 is 0 Å². The number of oxime groups is 1. The SMILES string of the molecule is CC.O=CC(=NO)c1ccccc1. The van der Waals surface area contributed by atoms with E-state index < -0.39 is 0 Å². The third kappa shape index (κ3) is 3.51. The van der Waals surface area contributed by atoms with Crippen LogP contribution >= 0.6 is 0 Å². The lowest BCUT2D eigenvalue weighted by Gasteiger charge is -1.93. The van der Waals surface area contributed by atoms with Gasteiger partial charge in [0, 0.05) is 5.56 Å². The molecule has 13 heavy (non-hydrogen) atoms. The van der Waals surface area contributed by atoms with Crippen LogP contribution < -0.4 is 0 Å². The molecule has 1 N–H and O–H groups in total. The zero-order chi connectivity index (χ0) is 10.1. The Hall–Kier alpha value is -1.64. The lowest BCUT2D eigenvalue weighted by molar-refractivity contribution is -0.102. The summed E-state index contributed by atoms with van der Waals surface area (Å²) in [5, 5.41) is 11.2. The van der Waals surface area contributed by atoms with Gasteiger partial charge in [-0.2, -0.15) is 0 Å². The van der Waals surface area contributed by atoms with Gasteiger partial charge in [0.05, 0.1) is 0 Å². The van der Waals surface area contributed by atoms with Gasteiger partial charge in [-0.1, -0.05) is 49.3 Å². The van der Waals surface area contributed by atoms with Crippen LogP contribution in [0, 0.1) is 0 Å². The van der Waals surface area contributed by atoms with Crippen LogP contribution in [0.15, 0.2) is 35.5 Å². The van der Waals surface area contributed by atoms with Crippen LogP contribution in [0.3, 0.4) is 0 Å². The molecule has 70 valence electrons. The highest BCUT2D eigenvalue weighted by Crippen LogP contribution is 1.98. The molecule has 3 nitrogen and oxygen atoms in total. The predicted molar refractivity (Wildman–Crippen MR) is 52.2 cm³/mol. The van der Waals surface area contributed by atoms with Crippen molar-refractivity contribution in [2.24, 2.45) is 5.16 Å². The quantitative estimate of drug-likeness (QED) is 0.327. The Morgan fingerprint density at radius 1 is 1.31 bits per heavy atom. The van der Waals surface area contributed by atoms with E-state index >= 15 is 0 Å². The van der Waals surface area contributed by atoms with Crippen LogP contribution in [-0.4, -0.2) is 17.2 Å². The van der Waals surface area contributed by atoms with Gasteiger partial charge in [0.2, 0.25) is 0 Å². The first-order valence-corrected chi connectivity index (χ1v) is 4.11. The van der Waals surface area contributed by atoms with Crippen molar-refractivity contribution >= 4 is 12.0 Å². The Labute approximate surface area is 77.7 Å². The average molecular weight is 179 g/mol. The molecule has 0 atom stereocenters. The summed E-state index contributed by atoms with van der Waals surface area (Å²) in [7, 11) is 0. The molecule has 3 heteroatoms. The van der Waals surface area contributed by atoms with Crippen LogP contribution in [0.1, 0.15) is 19.4 Å². The zero-order valence-electron chi connectivity index (χ0n) is 7.77. The first-order valence-electron chi connectivity index (χ1n) is 4.11. The molecular formula is C10H13NO2. The number of benzene rings is 1. The van der Waals surface area contributed by atoms with Crippen LogP contribution in [0.25, 0.3) is 0 Å². The predicted octanol–water partition coefficient (Wildman–Crippen LogP) is 2.09. The van der Waals surface area contributed by atoms with Gasteiger partial charge in [-0.3, -0.25) is 4.79 Å². The summed E-state index contributed by atoms with van der Waals surface area (Å²) >= 11 is 0. The van der Waals surface area contributed by atoms with E-state index in [1.54, 1.807) is 24.3 Å². The summed E-state index contributed by atoms with van der Waals surface area (Å²) in [6.45, 7) is 4.00. The summed E-state index contributed by atoms with van der Waals surface area (Å²) in [5.41, 5.74) is 0.663. The van der Waals surface area contributed by atoms with Crippen LogP contribution in [0.2, 0.25) is 0 Å². The molecule has 0 saturated carbocycles. The van der Waals surface area contributed by atoms with Crippen molar-refractivity contribution in [3.63, 3.8) is 0 Å². The molecule has 0 spiro atoms. The van der Waals surface area contributed by atoms with Crippen molar-refractivity contribution < 1.29 is 10.0 Å². The van der Waals surface area contributed by atoms with Crippen molar-refractivity contribution in [2.75, 3.05) is 0 Å². The van der Waals surface area contributed by atoms with Crippen LogP contribution in [0.4, 0.5) is 0 Å². The number of rotatable bonds is 2. The first-order chi connectivity index (χ1) is 6.38. The zero-order valence-corrected chi connectivity index (χ0v) is 7.77. The molecule has 0 aromatic heterocycles. The normalized spacial score (nSPS) is 9.85. The van der Waals surface area contributed by atoms with E-state index in [1.807, 2.05) is 19.9 Å². The fraction of sp³-hybridized carbons (Fsp3) is 0.200. The Kier molecular flexibility index (Phi) is 6.15. The Balaban J connectivity index is 0.000000671. The minimum atomic E-state index is 0.0469. The lowest BCUT2D eigenvalue weighted by Crippen LogP contribution is -2.00. The topological polar surface area (TPSA) is 49.7 Å². The second-order valence-corrected chi connectivity index (χ2v) is 1.97. The van der Waals surface area contributed by atoms with Crippen LogP contribution in [-0.2, 0) is 4.79 Å². The minimum absolute atomic E-state index is 0.0469. The lowest BCUT2D eigenvalue weighted by atomic mass is 10.1. The highest BCUT2D eigenvalue weighted by atomic mass is 16.4. The maximum atomic E-state index is 10.2. The number of carbonyl (C=O) groups is 1. The van der Waals surface area contributed by atoms with E-state index in [0.717, 1.165) is 0 Å². The molecule has 1 aromatic carbocycles. The summed E-state index contributed by atoms with van der Waals surface area (Å²) < 4.78 is 0. The molecule has 0 fully saturated rings. The number of aldehydes is 1. The van der Waals surface area contributed by atoms with Gasteiger partial charge in [-0.25, -0.2) is 0 Å². The molecule has 0 unspecified atom stereocenters. The van der Waals surface area contributed by atoms with Gasteiger partial charge in [0.1, 0.15) is 5.71 Å². The molecule has 0 radical (unpaired) electrons. The minimum Gasteiger partial charge on any atom is -0.410 e. The summed E-state index contributed by atoms with van der Waals surface area (Å²) in [6, 6.07) is 8.75. The Morgan fingerprint density at radius 3 is 2.23 bits per heavy atom. The number of hydrogen-bond acceptors (Lipinski definition) is 3. The van der Waals surface area contributed by atoms with E-state index in [2.05, 4.69) is 5.16 Å². The number of hydrogen-bond donors (Lipinski definition) is 1. The van der Waals surface area contributed by atoms with E-state index in [-0.39, 0.29) is 5.71 Å². The Bertz CT molecular complexity index is 268. The van der Waals surface area contributed by atoms with Crippen molar-refractivity contribution in [3.8, 4) is 0 Å². The molecule has 0 aliphatic heterocycles. The summed E-state index contributed by atoms with van der Waals surface area (Å²) in [5.74, 6) is 0. The smallest absolute Gasteiger partial charge is 0.172 e. The third-order valence-corrected chi connectivity index (χ3v) is 1.29. The van der Waals surface area contributed by atoms with Crippen LogP contribution in [0.5, 0.6) is 0 Å². The molecular weight excluding hydrogens is 166 g/mol. The van der Waals surface area contributed by atoms with E-state index in [0.29, 0.717) is 11.8 Å². The molecule has 0 aliphatic rings. The van der Waals surface area contributed by atoms with Gasteiger partial charge in [-0.15, -0.1) is 0 Å². The molecule has 0 amide bonds. The summed E-state index contributed by atoms with van der Waals surface area (Å²) in [4.78, 5) is 10.2. The second kappa shape index (κ2) is 7.03. The van der Waals surface area contributed by atoms with E-state index in [1.165, 1.54) is 0 Å². The van der Waals surface area contributed by atoms with Gasteiger partial charge < -0.3 is 5.21 Å². The molecule has 0 aliphatic carbocycles. The largest absolute Gasteiger partial charge is 0.410 e. The fourth-order valence-electron chi connectivity index (χ4n) is 0.758. The highest BCUT2D eigenvalue weighted by molar-refractivity contribution is 6.36. The Morgan fingerprint density at radius 2 is 1.85 bits per heavy atom. The van der Waals surface area contributed by atoms with Gasteiger partial charge in [0.15, 0.2) is 6.29 Å². The van der Waals surface area contributed by atoms with Gasteiger partial charge in [-0.05, 0) is 0 Å². The molecule has 0 heterocycles. The van der Waals surface area contributed by atoms with Gasteiger partial charge in [0.25, 0.3) is 0 Å². The third-order valence-electron chi connectivity index (χ3n) is 1.29. The molecule has 1 rings (SSSR count). The maximum absolute atomic E-state index is 10.2. The second-order valence-electron chi connectivity index (χ2n) is 1.97. The standard InChI is InChI=1S/C8H7NO2.C2H6/c10-6-8(9-11)7-4-2-1-3-5-7;1-2/h1-6,11H;1-2H3. The molecule has 1 aromatic rings. The number of nitrogens with zero attached hydrogens (tertiary/aromatic N) is 1. The van der Waals surface area contributed by atoms with Crippen molar-refractivity contribution in [1.82, 2.24) is 0 Å². The molecule has 0 saturated heterocycles. The van der Waals surface area contributed by atoms with E-state index in [4.69, 9.17) is 5.21 Å². The van der Waals surface area contributed by atoms with E-state index in [9.17, 15) is 4.79 Å². The fourth-order valence-corrected chi connectivity index (χ4v) is 0.758.